The van der Waals surface area contributed by atoms with Crippen molar-refractivity contribution in [1.29, 1.82) is 0 Å². The quantitative estimate of drug-likeness (QED) is 0.191. The highest BCUT2D eigenvalue weighted by atomic mass is 32.1. The van der Waals surface area contributed by atoms with Gasteiger partial charge in [0.05, 0.1) is 0 Å². The standard InChI is InChI=1S/C43H25N3S2/c1-3-13-26(14-4-1)28-19-11-20-31-38(28)34(25-33-29-17-7-9-22-35(29)48-40(31)33)43-45-41(27-15-5-2-6-16-27)44-42(46-43)32-21-12-24-37-39(32)30-18-8-10-23-36(30)47-37/h1-25H. The van der Waals surface area contributed by atoms with Crippen molar-refractivity contribution in [3.8, 4) is 45.3 Å². The molecular formula is C43H25N3S2. The lowest BCUT2D eigenvalue weighted by atomic mass is 9.92. The van der Waals surface area contributed by atoms with Crippen LogP contribution in [-0.2, 0) is 0 Å². The Labute approximate surface area is 284 Å². The fourth-order valence-electron chi connectivity index (χ4n) is 6.99. The van der Waals surface area contributed by atoms with Gasteiger partial charge in [-0.1, -0.05) is 127 Å². The van der Waals surface area contributed by atoms with E-state index < -0.39 is 0 Å². The summed E-state index contributed by atoms with van der Waals surface area (Å²) in [4.78, 5) is 15.8. The highest BCUT2D eigenvalue weighted by Crippen LogP contribution is 2.46. The van der Waals surface area contributed by atoms with Crippen LogP contribution in [0.4, 0.5) is 0 Å². The molecule has 10 rings (SSSR count). The molecule has 10 aromatic rings. The van der Waals surface area contributed by atoms with Crippen molar-refractivity contribution in [2.45, 2.75) is 0 Å². The van der Waals surface area contributed by atoms with E-state index >= 15 is 0 Å². The zero-order chi connectivity index (χ0) is 31.6. The second kappa shape index (κ2) is 10.9. The van der Waals surface area contributed by atoms with Crippen LogP contribution in [0.5, 0.6) is 0 Å². The van der Waals surface area contributed by atoms with Gasteiger partial charge in [0.15, 0.2) is 17.5 Å². The molecule has 0 aliphatic heterocycles. The third kappa shape index (κ3) is 4.29. The van der Waals surface area contributed by atoms with E-state index in [1.165, 1.54) is 45.7 Å². The van der Waals surface area contributed by atoms with E-state index in [1.54, 1.807) is 11.3 Å². The average molecular weight is 648 g/mol. The molecule has 3 aromatic heterocycles. The summed E-state index contributed by atoms with van der Waals surface area (Å²) in [6.45, 7) is 0. The Hall–Kier alpha value is -5.75. The van der Waals surface area contributed by atoms with Gasteiger partial charge in [-0.3, -0.25) is 0 Å². The summed E-state index contributed by atoms with van der Waals surface area (Å²) in [6.07, 6.45) is 0. The minimum absolute atomic E-state index is 0.660. The molecule has 0 atom stereocenters. The minimum Gasteiger partial charge on any atom is -0.208 e. The monoisotopic (exact) mass is 647 g/mol. The van der Waals surface area contributed by atoms with Crippen molar-refractivity contribution in [3.05, 3.63) is 152 Å². The molecule has 0 saturated heterocycles. The molecule has 0 amide bonds. The first kappa shape index (κ1) is 27.4. The number of hydrogen-bond donors (Lipinski definition) is 0. The Bertz CT molecular complexity index is 2840. The van der Waals surface area contributed by atoms with Crippen molar-refractivity contribution in [2.24, 2.45) is 0 Å². The van der Waals surface area contributed by atoms with Gasteiger partial charge in [0.25, 0.3) is 0 Å². The van der Waals surface area contributed by atoms with Gasteiger partial charge in [0.2, 0.25) is 0 Å². The lowest BCUT2D eigenvalue weighted by Crippen LogP contribution is -2.01. The summed E-state index contributed by atoms with van der Waals surface area (Å²) >= 11 is 3.66. The summed E-state index contributed by atoms with van der Waals surface area (Å²) < 4.78 is 5.03. The summed E-state index contributed by atoms with van der Waals surface area (Å²) in [5.41, 5.74) is 5.30. The van der Waals surface area contributed by atoms with Gasteiger partial charge in [-0.25, -0.2) is 15.0 Å². The number of benzene rings is 7. The van der Waals surface area contributed by atoms with E-state index in [0.717, 1.165) is 33.2 Å². The lowest BCUT2D eigenvalue weighted by Gasteiger charge is -2.15. The molecule has 0 fully saturated rings. The van der Waals surface area contributed by atoms with E-state index in [1.807, 2.05) is 29.5 Å². The fourth-order valence-corrected chi connectivity index (χ4v) is 9.33. The Balaban J connectivity index is 1.35. The predicted octanol–water partition coefficient (Wildman–Crippen LogP) is 12.4. The summed E-state index contributed by atoms with van der Waals surface area (Å²) in [7, 11) is 0. The molecule has 3 heterocycles. The molecule has 3 nitrogen and oxygen atoms in total. The van der Waals surface area contributed by atoms with Crippen LogP contribution in [0.15, 0.2) is 152 Å². The van der Waals surface area contributed by atoms with E-state index in [2.05, 4.69) is 133 Å². The zero-order valence-electron chi connectivity index (χ0n) is 25.6. The summed E-state index contributed by atoms with van der Waals surface area (Å²) in [6, 6.07) is 53.6. The molecule has 0 aliphatic carbocycles. The normalized spacial score (nSPS) is 11.8. The van der Waals surface area contributed by atoms with Crippen molar-refractivity contribution in [2.75, 3.05) is 0 Å². The SMILES string of the molecule is c1ccc(-c2nc(-c3cc4c5ccccc5sc4c4cccc(-c5ccccc5)c34)nc(-c3cccc4sc5ccccc5c34)n2)cc1. The van der Waals surface area contributed by atoms with Crippen LogP contribution < -0.4 is 0 Å². The Morgan fingerprint density at radius 1 is 0.333 bits per heavy atom. The maximum absolute atomic E-state index is 5.38. The molecule has 7 aromatic carbocycles. The van der Waals surface area contributed by atoms with Crippen LogP contribution in [0.2, 0.25) is 0 Å². The highest BCUT2D eigenvalue weighted by molar-refractivity contribution is 7.27. The number of thiophene rings is 2. The first-order chi connectivity index (χ1) is 23.8. The molecule has 0 radical (unpaired) electrons. The summed E-state index contributed by atoms with van der Waals surface area (Å²) in [5, 5.41) is 7.23. The van der Waals surface area contributed by atoms with E-state index in [0.29, 0.717) is 17.5 Å². The van der Waals surface area contributed by atoms with Crippen LogP contribution in [0.1, 0.15) is 0 Å². The smallest absolute Gasteiger partial charge is 0.164 e. The molecule has 0 saturated carbocycles. The number of fused-ring (bicyclic) bond motifs is 8. The van der Waals surface area contributed by atoms with Gasteiger partial charge < -0.3 is 0 Å². The van der Waals surface area contributed by atoms with Crippen LogP contribution >= 0.6 is 22.7 Å². The fraction of sp³-hybridized carbons (Fsp3) is 0. The van der Waals surface area contributed by atoms with Gasteiger partial charge >= 0.3 is 0 Å². The van der Waals surface area contributed by atoms with E-state index in [9.17, 15) is 0 Å². The van der Waals surface area contributed by atoms with Crippen LogP contribution in [-0.4, -0.2) is 15.0 Å². The van der Waals surface area contributed by atoms with E-state index in [4.69, 9.17) is 15.0 Å². The highest BCUT2D eigenvalue weighted by Gasteiger charge is 2.21. The molecular weight excluding hydrogens is 623 g/mol. The second-order valence-electron chi connectivity index (χ2n) is 11.9. The molecule has 0 unspecified atom stereocenters. The number of hydrogen-bond acceptors (Lipinski definition) is 5. The van der Waals surface area contributed by atoms with Crippen LogP contribution in [0, 0.1) is 0 Å². The first-order valence-electron chi connectivity index (χ1n) is 15.9. The number of aromatic nitrogens is 3. The van der Waals surface area contributed by atoms with Crippen molar-refractivity contribution < 1.29 is 0 Å². The third-order valence-corrected chi connectivity index (χ3v) is 11.5. The molecule has 0 bridgehead atoms. The Morgan fingerprint density at radius 2 is 0.896 bits per heavy atom. The van der Waals surface area contributed by atoms with Gasteiger partial charge in [-0.2, -0.15) is 0 Å². The topological polar surface area (TPSA) is 38.7 Å². The largest absolute Gasteiger partial charge is 0.208 e. The molecule has 224 valence electrons. The maximum Gasteiger partial charge on any atom is 0.164 e. The third-order valence-electron chi connectivity index (χ3n) is 9.14. The first-order valence-corrected chi connectivity index (χ1v) is 17.6. The van der Waals surface area contributed by atoms with Gasteiger partial charge in [-0.05, 0) is 35.4 Å². The molecule has 48 heavy (non-hydrogen) atoms. The Kier molecular flexibility index (Phi) is 6.22. The van der Waals surface area contributed by atoms with Crippen molar-refractivity contribution >= 4 is 73.8 Å². The number of rotatable bonds is 4. The minimum atomic E-state index is 0.660. The van der Waals surface area contributed by atoms with Gasteiger partial charge in [0, 0.05) is 67.8 Å². The van der Waals surface area contributed by atoms with Gasteiger partial charge in [-0.15, -0.1) is 22.7 Å². The molecule has 0 N–H and O–H groups in total. The van der Waals surface area contributed by atoms with Crippen LogP contribution in [0.25, 0.3) is 96.4 Å². The van der Waals surface area contributed by atoms with Gasteiger partial charge in [0.1, 0.15) is 0 Å². The Morgan fingerprint density at radius 3 is 1.69 bits per heavy atom. The summed E-state index contributed by atoms with van der Waals surface area (Å²) in [5.74, 6) is 2.00. The van der Waals surface area contributed by atoms with Crippen molar-refractivity contribution in [1.82, 2.24) is 15.0 Å². The lowest BCUT2D eigenvalue weighted by molar-refractivity contribution is 1.08. The number of nitrogens with zero attached hydrogens (tertiary/aromatic N) is 3. The van der Waals surface area contributed by atoms with Crippen molar-refractivity contribution in [3.63, 3.8) is 0 Å². The predicted molar refractivity (Wildman–Crippen MR) is 205 cm³/mol. The average Bonchev–Trinajstić information content (AvgIpc) is 3.73. The second-order valence-corrected chi connectivity index (χ2v) is 14.1. The van der Waals surface area contributed by atoms with Crippen LogP contribution in [0.3, 0.4) is 0 Å². The maximum atomic E-state index is 5.38. The molecule has 5 heteroatoms. The zero-order valence-corrected chi connectivity index (χ0v) is 27.2. The molecule has 0 spiro atoms. The molecule has 0 aliphatic rings. The van der Waals surface area contributed by atoms with E-state index in [-0.39, 0.29) is 0 Å².